The average Bonchev–Trinajstić information content (AvgIpc) is 3.14. The molecule has 0 spiro atoms. The third-order valence-corrected chi connectivity index (χ3v) is 9.36. The highest BCUT2D eigenvalue weighted by Crippen LogP contribution is 2.12. The summed E-state index contributed by atoms with van der Waals surface area (Å²) in [5.74, 6) is -7.95. The molecule has 0 rings (SSSR count). The summed E-state index contributed by atoms with van der Waals surface area (Å²) >= 11 is 8.15. The van der Waals surface area contributed by atoms with E-state index in [1.807, 2.05) is 0 Å². The number of guanidine groups is 2. The number of aliphatic imine (C=N–C) groups is 2. The van der Waals surface area contributed by atoms with Crippen molar-refractivity contribution in [3.05, 3.63) is 0 Å². The lowest BCUT2D eigenvalue weighted by Crippen LogP contribution is -2.61. The van der Waals surface area contributed by atoms with Crippen LogP contribution in [0.2, 0.25) is 0 Å². The first-order valence-corrected chi connectivity index (χ1v) is 19.7. The Labute approximate surface area is 343 Å². The summed E-state index contributed by atoms with van der Waals surface area (Å²) in [5.41, 5.74) is 27.3. The standard InChI is InChI=1S/C33H63N13O9S2/c1-6-16(4)24(46-29(52)23(15(2)3)45-28(51)22(34)17(5)47)30(53)42-19(10-8-12-40-33(37)38)25(48)43-20(13-56)27(50)41-18(9-7-11-39-32(35)36)26(49)44-21(14-57)31(54)55/h15-24,47,56-57H,6-14,34H2,1-5H3,(H,41,50)(H,42,53)(H,43,48)(H,44,49)(H,45,51)(H,46,52)(H,54,55)(H4,35,36,39)(H4,37,38,40)/t16-,17+,18-,19-,20-,21-,22-,23-,24-/m0/s1. The van der Waals surface area contributed by atoms with Crippen molar-refractivity contribution < 1.29 is 43.8 Å². The number of amides is 6. The molecule has 0 aromatic carbocycles. The van der Waals surface area contributed by atoms with E-state index in [0.29, 0.717) is 6.42 Å². The molecule has 0 aliphatic heterocycles. The fourth-order valence-electron chi connectivity index (χ4n) is 4.95. The van der Waals surface area contributed by atoms with E-state index in [-0.39, 0.29) is 62.2 Å². The number of rotatable bonds is 27. The Morgan fingerprint density at radius 2 is 0.982 bits per heavy atom. The third kappa shape index (κ3) is 19.9. The summed E-state index contributed by atoms with van der Waals surface area (Å²) in [4.78, 5) is 99.6. The van der Waals surface area contributed by atoms with Crippen LogP contribution in [0, 0.1) is 11.8 Å². The van der Waals surface area contributed by atoms with Gasteiger partial charge >= 0.3 is 5.97 Å². The second-order valence-electron chi connectivity index (χ2n) is 13.7. The van der Waals surface area contributed by atoms with Gasteiger partial charge in [-0.2, -0.15) is 25.3 Å². The molecule has 22 nitrogen and oxygen atoms in total. The van der Waals surface area contributed by atoms with Crippen molar-refractivity contribution in [1.82, 2.24) is 31.9 Å². The molecule has 24 heteroatoms. The highest BCUT2D eigenvalue weighted by molar-refractivity contribution is 7.80. The molecule has 0 aromatic rings. The largest absolute Gasteiger partial charge is 0.480 e. The normalized spacial score (nSPS) is 15.8. The zero-order valence-electron chi connectivity index (χ0n) is 33.1. The van der Waals surface area contributed by atoms with Crippen molar-refractivity contribution in [3.8, 4) is 0 Å². The molecule has 0 saturated carbocycles. The molecule has 9 atom stereocenters. The quantitative estimate of drug-likeness (QED) is 0.0160. The zero-order valence-corrected chi connectivity index (χ0v) is 34.9. The Balaban J connectivity index is 6.36. The van der Waals surface area contributed by atoms with Crippen LogP contribution in [-0.4, -0.2) is 137 Å². The summed E-state index contributed by atoms with van der Waals surface area (Å²) in [5, 5.41) is 34.3. The smallest absolute Gasteiger partial charge is 0.327 e. The number of nitrogens with zero attached hydrogens (tertiary/aromatic N) is 2. The van der Waals surface area contributed by atoms with Gasteiger partial charge in [-0.15, -0.1) is 0 Å². The van der Waals surface area contributed by atoms with Crippen molar-refractivity contribution >= 4 is 78.6 Å². The SMILES string of the molecule is CC[C@H](C)[C@H](NC(=O)[C@@H](NC(=O)[C@@H](N)[C@@H](C)O)C(C)C)C(=O)N[C@@H](CCCN=C(N)N)C(=O)N[C@@H](CS)C(=O)N[C@@H](CCCN=C(N)N)C(=O)N[C@@H](CS)C(=O)O. The zero-order chi connectivity index (χ0) is 44.0. The van der Waals surface area contributed by atoms with Crippen molar-refractivity contribution in [2.45, 2.75) is 115 Å². The second-order valence-corrected chi connectivity index (χ2v) is 14.4. The van der Waals surface area contributed by atoms with Crippen LogP contribution in [0.25, 0.3) is 0 Å². The summed E-state index contributed by atoms with van der Waals surface area (Å²) < 4.78 is 0. The van der Waals surface area contributed by atoms with E-state index < -0.39 is 102 Å². The number of nitrogens with two attached hydrogens (primary N) is 5. The van der Waals surface area contributed by atoms with Gasteiger partial charge in [0.15, 0.2) is 11.9 Å². The van der Waals surface area contributed by atoms with Crippen LogP contribution in [0.3, 0.4) is 0 Å². The Morgan fingerprint density at radius 1 is 0.596 bits per heavy atom. The molecule has 6 amide bonds. The van der Waals surface area contributed by atoms with Crippen molar-refractivity contribution in [3.63, 3.8) is 0 Å². The Bertz CT molecular complexity index is 1410. The van der Waals surface area contributed by atoms with Gasteiger partial charge in [-0.25, -0.2) is 4.79 Å². The Hall–Kier alpha value is -4.55. The minimum Gasteiger partial charge on any atom is -0.480 e. The molecule has 326 valence electrons. The molecule has 18 N–H and O–H groups in total. The van der Waals surface area contributed by atoms with E-state index in [1.165, 1.54) is 6.92 Å². The van der Waals surface area contributed by atoms with Gasteiger partial charge in [-0.1, -0.05) is 34.1 Å². The molecule has 0 bridgehead atoms. The molecular formula is C33H63N13O9S2. The number of thiol groups is 2. The molecule has 0 aliphatic rings. The van der Waals surface area contributed by atoms with Gasteiger partial charge in [0.25, 0.3) is 0 Å². The number of carbonyl (C=O) groups is 7. The predicted molar refractivity (Wildman–Crippen MR) is 221 cm³/mol. The van der Waals surface area contributed by atoms with Gasteiger partial charge in [-0.05, 0) is 44.4 Å². The topological polar surface area (TPSA) is 387 Å². The average molecular weight is 850 g/mol. The molecule has 0 radical (unpaired) electrons. The molecule has 0 heterocycles. The predicted octanol–water partition coefficient (Wildman–Crippen LogP) is -4.64. The van der Waals surface area contributed by atoms with Crippen molar-refractivity contribution in [2.75, 3.05) is 24.6 Å². The van der Waals surface area contributed by atoms with Crippen LogP contribution in [0.15, 0.2) is 9.98 Å². The lowest BCUT2D eigenvalue weighted by atomic mass is 9.95. The number of hydrogen-bond donors (Lipinski definition) is 15. The maximum absolute atomic E-state index is 13.9. The molecule has 0 aliphatic carbocycles. The van der Waals surface area contributed by atoms with E-state index in [4.69, 9.17) is 28.7 Å². The van der Waals surface area contributed by atoms with E-state index in [1.54, 1.807) is 27.7 Å². The lowest BCUT2D eigenvalue weighted by Gasteiger charge is -2.30. The number of aliphatic hydroxyl groups excluding tert-OH is 1. The molecular weight excluding hydrogens is 787 g/mol. The van der Waals surface area contributed by atoms with Crippen molar-refractivity contribution in [2.24, 2.45) is 50.5 Å². The number of carboxylic acids is 1. The lowest BCUT2D eigenvalue weighted by molar-refractivity contribution is -0.141. The van der Waals surface area contributed by atoms with Crippen LogP contribution < -0.4 is 60.6 Å². The number of aliphatic carboxylic acids is 1. The second kappa shape index (κ2) is 27.1. The van der Waals surface area contributed by atoms with Gasteiger partial charge in [0.1, 0.15) is 42.3 Å². The fraction of sp³-hybridized carbons (Fsp3) is 0.727. The molecule has 0 saturated heterocycles. The van der Waals surface area contributed by atoms with Crippen LogP contribution in [0.4, 0.5) is 0 Å². The van der Waals surface area contributed by atoms with Crippen LogP contribution in [0.5, 0.6) is 0 Å². The van der Waals surface area contributed by atoms with Gasteiger partial charge in [-0.3, -0.25) is 38.8 Å². The van der Waals surface area contributed by atoms with Crippen molar-refractivity contribution in [1.29, 1.82) is 0 Å². The number of hydrogen-bond acceptors (Lipinski definition) is 13. The van der Waals surface area contributed by atoms with Gasteiger partial charge in [0.05, 0.1) is 6.10 Å². The van der Waals surface area contributed by atoms with E-state index in [0.717, 1.165) is 0 Å². The Kier molecular flexibility index (Phi) is 25.0. The van der Waals surface area contributed by atoms with Crippen LogP contribution >= 0.6 is 25.3 Å². The third-order valence-electron chi connectivity index (χ3n) is 8.63. The number of carbonyl (C=O) groups excluding carboxylic acids is 6. The highest BCUT2D eigenvalue weighted by Gasteiger charge is 2.35. The van der Waals surface area contributed by atoms with E-state index in [9.17, 15) is 43.8 Å². The van der Waals surface area contributed by atoms with Gasteiger partial charge < -0.3 is 70.8 Å². The number of carboxylic acid groups (broad SMARTS) is 1. The fourth-order valence-corrected chi connectivity index (χ4v) is 5.46. The summed E-state index contributed by atoms with van der Waals surface area (Å²) in [6.45, 7) is 8.30. The van der Waals surface area contributed by atoms with E-state index >= 15 is 0 Å². The maximum Gasteiger partial charge on any atom is 0.327 e. The molecule has 0 aromatic heterocycles. The Morgan fingerprint density at radius 3 is 1.37 bits per heavy atom. The molecule has 0 fully saturated rings. The minimum absolute atomic E-state index is 0.0264. The van der Waals surface area contributed by atoms with Gasteiger partial charge in [0.2, 0.25) is 35.4 Å². The highest BCUT2D eigenvalue weighted by atomic mass is 32.1. The monoisotopic (exact) mass is 849 g/mol. The first kappa shape index (κ1) is 52.5. The molecule has 0 unspecified atom stereocenters. The minimum atomic E-state index is -1.37. The summed E-state index contributed by atoms with van der Waals surface area (Å²) in [6.07, 6.45) is -0.455. The van der Waals surface area contributed by atoms with Crippen LogP contribution in [0.1, 0.15) is 66.7 Å². The first-order valence-electron chi connectivity index (χ1n) is 18.4. The summed E-state index contributed by atoms with van der Waals surface area (Å²) in [7, 11) is 0. The number of nitrogens with one attached hydrogen (secondary N) is 6. The first-order chi connectivity index (χ1) is 26.6. The maximum atomic E-state index is 13.9. The van der Waals surface area contributed by atoms with Gasteiger partial charge in [0, 0.05) is 24.6 Å². The number of aliphatic hydroxyl groups is 1. The molecule has 57 heavy (non-hydrogen) atoms. The summed E-state index contributed by atoms with van der Waals surface area (Å²) in [6, 6.07) is -8.97. The van der Waals surface area contributed by atoms with E-state index in [2.05, 4.69) is 67.1 Å². The van der Waals surface area contributed by atoms with Crippen LogP contribution in [-0.2, 0) is 33.6 Å².